The van der Waals surface area contributed by atoms with E-state index in [0.717, 1.165) is 0 Å². The van der Waals surface area contributed by atoms with Crippen LogP contribution in [-0.2, 0) is 6.54 Å². The molecule has 2 aromatic rings. The van der Waals surface area contributed by atoms with Gasteiger partial charge in [0.15, 0.2) is 5.82 Å². The van der Waals surface area contributed by atoms with Crippen LogP contribution in [-0.4, -0.2) is 4.98 Å². The van der Waals surface area contributed by atoms with Gasteiger partial charge in [-0.3, -0.25) is 0 Å². The topological polar surface area (TPSA) is 37.6 Å². The molecule has 0 spiro atoms. The summed E-state index contributed by atoms with van der Waals surface area (Å²) in [4.78, 5) is 3.91. The molecular weight excluding hydrogens is 224 g/mol. The molecule has 1 aromatic heterocycles. The molecule has 0 bridgehead atoms. The predicted molar refractivity (Wildman–Crippen MR) is 58.8 cm³/mol. The number of aromatic nitrogens is 1. The van der Waals surface area contributed by atoms with Gasteiger partial charge in [-0.15, -0.1) is 5.11 Å². The van der Waals surface area contributed by atoms with Gasteiger partial charge in [-0.05, 0) is 24.3 Å². The largest absolute Gasteiger partial charge is 0.236 e. The molecule has 86 valence electrons. The third-order valence-electron chi connectivity index (χ3n) is 2.11. The van der Waals surface area contributed by atoms with Gasteiger partial charge >= 0.3 is 0 Å². The molecule has 0 unspecified atom stereocenters. The fourth-order valence-corrected chi connectivity index (χ4v) is 1.27. The van der Waals surface area contributed by atoms with Crippen LogP contribution < -0.4 is 0 Å². The highest BCUT2D eigenvalue weighted by Crippen LogP contribution is 2.14. The van der Waals surface area contributed by atoms with E-state index in [4.69, 9.17) is 0 Å². The fourth-order valence-electron chi connectivity index (χ4n) is 1.27. The molecule has 0 radical (unpaired) electrons. The highest BCUT2D eigenvalue weighted by atomic mass is 19.1. The van der Waals surface area contributed by atoms with E-state index in [2.05, 4.69) is 15.2 Å². The number of azo groups is 1. The first-order valence-electron chi connectivity index (χ1n) is 4.99. The van der Waals surface area contributed by atoms with Crippen molar-refractivity contribution in [3.8, 4) is 0 Å². The number of pyridine rings is 1. The van der Waals surface area contributed by atoms with Crippen LogP contribution >= 0.6 is 0 Å². The zero-order chi connectivity index (χ0) is 12.1. The van der Waals surface area contributed by atoms with E-state index in [-0.39, 0.29) is 12.1 Å². The second kappa shape index (κ2) is 5.25. The average molecular weight is 233 g/mol. The van der Waals surface area contributed by atoms with Crippen molar-refractivity contribution in [2.45, 2.75) is 6.54 Å². The Kier molecular flexibility index (Phi) is 3.49. The minimum atomic E-state index is -0.620. The second-order valence-electron chi connectivity index (χ2n) is 3.29. The first-order chi connectivity index (χ1) is 8.27. The smallest absolute Gasteiger partial charge is 0.173 e. The van der Waals surface area contributed by atoms with Gasteiger partial charge in [0.25, 0.3) is 0 Å². The monoisotopic (exact) mass is 233 g/mol. The summed E-state index contributed by atoms with van der Waals surface area (Å²) in [5.74, 6) is -0.834. The zero-order valence-corrected chi connectivity index (χ0v) is 8.85. The van der Waals surface area contributed by atoms with Crippen LogP contribution in [0.3, 0.4) is 0 Å². The van der Waals surface area contributed by atoms with Gasteiger partial charge in [0.05, 0.1) is 6.54 Å². The Morgan fingerprint density at radius 3 is 2.41 bits per heavy atom. The van der Waals surface area contributed by atoms with Gasteiger partial charge in [0.2, 0.25) is 0 Å². The van der Waals surface area contributed by atoms with Crippen LogP contribution in [0.2, 0.25) is 0 Å². The van der Waals surface area contributed by atoms with E-state index >= 15 is 0 Å². The van der Waals surface area contributed by atoms with Crippen LogP contribution in [0.5, 0.6) is 0 Å². The molecule has 0 fully saturated rings. The molecule has 5 heteroatoms. The van der Waals surface area contributed by atoms with Gasteiger partial charge in [0, 0.05) is 11.8 Å². The van der Waals surface area contributed by atoms with E-state index < -0.39 is 11.6 Å². The Hall–Kier alpha value is -2.17. The van der Waals surface area contributed by atoms with Crippen molar-refractivity contribution in [1.82, 2.24) is 4.98 Å². The van der Waals surface area contributed by atoms with Crippen molar-refractivity contribution in [2.75, 3.05) is 0 Å². The lowest BCUT2D eigenvalue weighted by Gasteiger charge is -1.99. The Morgan fingerprint density at radius 1 is 1.00 bits per heavy atom. The van der Waals surface area contributed by atoms with Crippen molar-refractivity contribution >= 4 is 5.82 Å². The number of hydrogen-bond donors (Lipinski definition) is 0. The maximum Gasteiger partial charge on any atom is 0.173 e. The lowest BCUT2D eigenvalue weighted by molar-refractivity contribution is 0.555. The molecule has 0 aliphatic carbocycles. The summed E-state index contributed by atoms with van der Waals surface area (Å²) in [7, 11) is 0. The Labute approximate surface area is 96.9 Å². The summed E-state index contributed by atoms with van der Waals surface area (Å²) < 4.78 is 26.4. The van der Waals surface area contributed by atoms with Gasteiger partial charge in [-0.25, -0.2) is 13.8 Å². The van der Waals surface area contributed by atoms with Gasteiger partial charge in [-0.1, -0.05) is 12.1 Å². The van der Waals surface area contributed by atoms with E-state index in [1.165, 1.54) is 18.2 Å². The van der Waals surface area contributed by atoms with Crippen LogP contribution in [0, 0.1) is 11.6 Å². The molecule has 0 saturated heterocycles. The third-order valence-corrected chi connectivity index (χ3v) is 2.11. The molecule has 0 N–H and O–H groups in total. The summed E-state index contributed by atoms with van der Waals surface area (Å²) in [5.41, 5.74) is -0.0906. The minimum absolute atomic E-state index is 0.0906. The highest BCUT2D eigenvalue weighted by molar-refractivity contribution is 5.24. The summed E-state index contributed by atoms with van der Waals surface area (Å²) in [5, 5.41) is 7.48. The van der Waals surface area contributed by atoms with Gasteiger partial charge < -0.3 is 0 Å². The summed E-state index contributed by atoms with van der Waals surface area (Å²) in [6.07, 6.45) is 1.57. The van der Waals surface area contributed by atoms with Crippen LogP contribution in [0.15, 0.2) is 52.8 Å². The Morgan fingerprint density at radius 2 is 1.76 bits per heavy atom. The quantitative estimate of drug-likeness (QED) is 0.745. The summed E-state index contributed by atoms with van der Waals surface area (Å²) in [6.45, 7) is -0.144. The standard InChI is InChI=1S/C12H9F2N3/c13-10-4-3-5-11(14)9(10)8-16-17-12-6-1-2-7-15-12/h1-7H,8H2. The lowest BCUT2D eigenvalue weighted by Crippen LogP contribution is -1.92. The third kappa shape index (κ3) is 2.90. The number of rotatable bonds is 3. The first-order valence-corrected chi connectivity index (χ1v) is 4.99. The highest BCUT2D eigenvalue weighted by Gasteiger charge is 2.06. The molecule has 17 heavy (non-hydrogen) atoms. The number of benzene rings is 1. The fraction of sp³-hybridized carbons (Fsp3) is 0.0833. The SMILES string of the molecule is Fc1cccc(F)c1CN=Nc1ccccn1. The first kappa shape index (κ1) is 11.3. The molecule has 0 atom stereocenters. The van der Waals surface area contributed by atoms with Crippen molar-refractivity contribution in [1.29, 1.82) is 0 Å². The molecular formula is C12H9F2N3. The van der Waals surface area contributed by atoms with E-state index in [0.29, 0.717) is 5.82 Å². The Bertz CT molecular complexity index is 506. The van der Waals surface area contributed by atoms with E-state index in [1.54, 1.807) is 24.4 Å². The predicted octanol–water partition coefficient (Wildman–Crippen LogP) is 3.64. The van der Waals surface area contributed by atoms with Gasteiger partial charge in [0.1, 0.15) is 11.6 Å². The van der Waals surface area contributed by atoms with Crippen LogP contribution in [0.4, 0.5) is 14.6 Å². The number of nitrogens with zero attached hydrogens (tertiary/aromatic N) is 3. The second-order valence-corrected chi connectivity index (χ2v) is 3.29. The zero-order valence-electron chi connectivity index (χ0n) is 8.85. The number of hydrogen-bond acceptors (Lipinski definition) is 3. The lowest BCUT2D eigenvalue weighted by atomic mass is 10.2. The maximum atomic E-state index is 13.2. The molecule has 0 aliphatic rings. The van der Waals surface area contributed by atoms with Crippen LogP contribution in [0.1, 0.15) is 5.56 Å². The number of halogens is 2. The molecule has 1 heterocycles. The van der Waals surface area contributed by atoms with E-state index in [9.17, 15) is 8.78 Å². The molecule has 0 amide bonds. The van der Waals surface area contributed by atoms with E-state index in [1.807, 2.05) is 0 Å². The van der Waals surface area contributed by atoms with Crippen molar-refractivity contribution in [3.05, 3.63) is 59.8 Å². The van der Waals surface area contributed by atoms with Crippen molar-refractivity contribution in [3.63, 3.8) is 0 Å². The molecule has 0 aliphatic heterocycles. The normalized spacial score (nSPS) is 10.9. The average Bonchev–Trinajstić information content (AvgIpc) is 2.34. The molecule has 0 saturated carbocycles. The van der Waals surface area contributed by atoms with Gasteiger partial charge in [-0.2, -0.15) is 5.11 Å². The van der Waals surface area contributed by atoms with Crippen molar-refractivity contribution in [2.24, 2.45) is 10.2 Å². The Balaban J connectivity index is 2.10. The molecule has 1 aromatic carbocycles. The molecule has 2 rings (SSSR count). The minimum Gasteiger partial charge on any atom is -0.236 e. The molecule has 3 nitrogen and oxygen atoms in total. The maximum absolute atomic E-state index is 13.2. The summed E-state index contributed by atoms with van der Waals surface area (Å²) in [6, 6.07) is 8.84. The summed E-state index contributed by atoms with van der Waals surface area (Å²) >= 11 is 0. The van der Waals surface area contributed by atoms with Crippen LogP contribution in [0.25, 0.3) is 0 Å². The van der Waals surface area contributed by atoms with Crippen molar-refractivity contribution < 1.29 is 8.78 Å².